The molecule has 1 aliphatic heterocycles. The van der Waals surface area contributed by atoms with Crippen molar-refractivity contribution >= 4 is 10.0 Å². The maximum Gasteiger partial charge on any atom is 0.245 e. The van der Waals surface area contributed by atoms with Gasteiger partial charge in [0.05, 0.1) is 4.90 Å². The van der Waals surface area contributed by atoms with Gasteiger partial charge in [0.15, 0.2) is 0 Å². The second-order valence-corrected chi connectivity index (χ2v) is 9.33. The average Bonchev–Trinajstić information content (AvgIpc) is 3.39. The fraction of sp³-hybridized carbons (Fsp3) is 0.364. The lowest BCUT2D eigenvalue weighted by molar-refractivity contribution is 0.290. The summed E-state index contributed by atoms with van der Waals surface area (Å²) in [6.07, 6.45) is 3.40. The number of nitrogens with zero attached hydrogens (tertiary/aromatic N) is 3. The summed E-state index contributed by atoms with van der Waals surface area (Å²) in [7, 11) is -3.63. The lowest BCUT2D eigenvalue weighted by atomic mass is 10.1. The molecule has 2 heterocycles. The Morgan fingerprint density at radius 2 is 1.90 bits per heavy atom. The number of aromatic nitrogens is 2. The number of sulfonamides is 1. The fourth-order valence-corrected chi connectivity index (χ4v) is 5.48. The summed E-state index contributed by atoms with van der Waals surface area (Å²) >= 11 is 0. The minimum atomic E-state index is -3.63. The van der Waals surface area contributed by atoms with Crippen LogP contribution >= 0.6 is 0 Å². The van der Waals surface area contributed by atoms with Crippen LogP contribution in [0.15, 0.2) is 57.9 Å². The molecule has 0 spiro atoms. The molecule has 6 nitrogen and oxygen atoms in total. The number of rotatable bonds is 6. The summed E-state index contributed by atoms with van der Waals surface area (Å²) in [6.45, 7) is 4.54. The van der Waals surface area contributed by atoms with Crippen molar-refractivity contribution in [2.75, 3.05) is 6.54 Å². The topological polar surface area (TPSA) is 76.3 Å². The Bertz CT molecular complexity index is 1090. The Balaban J connectivity index is 1.61. The zero-order valence-electron chi connectivity index (χ0n) is 16.7. The lowest BCUT2D eigenvalue weighted by Gasteiger charge is -2.21. The number of hydrogen-bond acceptors (Lipinski definition) is 5. The molecule has 152 valence electrons. The Hall–Kier alpha value is -2.51. The smallest absolute Gasteiger partial charge is 0.245 e. The summed E-state index contributed by atoms with van der Waals surface area (Å²) < 4.78 is 33.5. The number of hydrogen-bond donors (Lipinski definition) is 0. The van der Waals surface area contributed by atoms with Crippen molar-refractivity contribution in [3.05, 3.63) is 65.5 Å². The predicted molar refractivity (Wildman–Crippen MR) is 111 cm³/mol. The van der Waals surface area contributed by atoms with Gasteiger partial charge in [-0.2, -0.15) is 9.29 Å². The summed E-state index contributed by atoms with van der Waals surface area (Å²) in [4.78, 5) is 4.84. The highest BCUT2D eigenvalue weighted by Gasteiger charge is 2.39. The van der Waals surface area contributed by atoms with Gasteiger partial charge in [-0.3, -0.25) is 0 Å². The highest BCUT2D eigenvalue weighted by Crippen LogP contribution is 2.36. The third-order valence-electron chi connectivity index (χ3n) is 5.39. The van der Waals surface area contributed by atoms with E-state index in [1.54, 1.807) is 12.1 Å². The molecule has 29 heavy (non-hydrogen) atoms. The van der Waals surface area contributed by atoms with Crippen LogP contribution in [0.4, 0.5) is 0 Å². The molecule has 4 rings (SSSR count). The van der Waals surface area contributed by atoms with E-state index in [-0.39, 0.29) is 0 Å². The molecule has 1 saturated heterocycles. The van der Waals surface area contributed by atoms with Crippen LogP contribution in [0.1, 0.15) is 49.2 Å². The second-order valence-electron chi connectivity index (χ2n) is 7.44. The average molecular weight is 412 g/mol. The van der Waals surface area contributed by atoms with Crippen molar-refractivity contribution in [3.63, 3.8) is 0 Å². The van der Waals surface area contributed by atoms with Gasteiger partial charge >= 0.3 is 0 Å². The minimum Gasteiger partial charge on any atom is -0.337 e. The summed E-state index contributed by atoms with van der Waals surface area (Å²) in [5, 5.41) is 4.11. The monoisotopic (exact) mass is 411 g/mol. The zero-order valence-corrected chi connectivity index (χ0v) is 17.5. The zero-order chi connectivity index (χ0) is 20.4. The molecule has 7 heteroatoms. The number of benzene rings is 2. The van der Waals surface area contributed by atoms with Crippen LogP contribution in [0.25, 0.3) is 11.4 Å². The van der Waals surface area contributed by atoms with E-state index in [0.717, 1.165) is 36.0 Å². The van der Waals surface area contributed by atoms with Gasteiger partial charge in [0.2, 0.25) is 21.7 Å². The Morgan fingerprint density at radius 3 is 2.62 bits per heavy atom. The largest absolute Gasteiger partial charge is 0.337 e. The van der Waals surface area contributed by atoms with Gasteiger partial charge < -0.3 is 4.52 Å². The van der Waals surface area contributed by atoms with Gasteiger partial charge in [-0.1, -0.05) is 54.9 Å². The number of aryl methyl sites for hydroxylation is 2. The van der Waals surface area contributed by atoms with E-state index in [2.05, 4.69) is 17.1 Å². The molecule has 2 aromatic carbocycles. The van der Waals surface area contributed by atoms with E-state index in [1.165, 1.54) is 4.31 Å². The molecular weight excluding hydrogens is 386 g/mol. The molecule has 1 atom stereocenters. The molecular formula is C22H25N3O3S. The fourth-order valence-electron chi connectivity index (χ4n) is 3.83. The SMILES string of the molecule is CCCc1ccc(S(=O)(=O)N2CCC[C@@H]2c2nc(-c3ccccc3C)no2)cc1. The van der Waals surface area contributed by atoms with Gasteiger partial charge in [-0.15, -0.1) is 0 Å². The summed E-state index contributed by atoms with van der Waals surface area (Å²) in [5.74, 6) is 0.846. The summed E-state index contributed by atoms with van der Waals surface area (Å²) in [5.41, 5.74) is 3.08. The first-order valence-corrected chi connectivity index (χ1v) is 11.4. The molecule has 0 aliphatic carbocycles. The molecule has 0 saturated carbocycles. The van der Waals surface area contributed by atoms with Crippen LogP contribution < -0.4 is 0 Å². The van der Waals surface area contributed by atoms with Crippen LogP contribution in [-0.4, -0.2) is 29.4 Å². The van der Waals surface area contributed by atoms with Crippen molar-refractivity contribution in [1.82, 2.24) is 14.4 Å². The van der Waals surface area contributed by atoms with Crippen molar-refractivity contribution in [2.45, 2.75) is 50.5 Å². The van der Waals surface area contributed by atoms with Crippen LogP contribution in [0.5, 0.6) is 0 Å². The maximum atomic E-state index is 13.3. The summed E-state index contributed by atoms with van der Waals surface area (Å²) in [6, 6.07) is 14.6. The molecule has 1 aliphatic rings. The van der Waals surface area contributed by atoms with E-state index in [1.807, 2.05) is 43.3 Å². The first kappa shape index (κ1) is 19.8. The minimum absolute atomic E-state index is 0.308. The quantitative estimate of drug-likeness (QED) is 0.596. The van der Waals surface area contributed by atoms with Crippen LogP contribution in [0, 0.1) is 6.92 Å². The van der Waals surface area contributed by atoms with Crippen LogP contribution in [0.3, 0.4) is 0 Å². The van der Waals surface area contributed by atoms with Gasteiger partial charge in [0, 0.05) is 12.1 Å². The van der Waals surface area contributed by atoms with Crippen molar-refractivity contribution in [2.24, 2.45) is 0 Å². The van der Waals surface area contributed by atoms with Gasteiger partial charge in [-0.05, 0) is 49.4 Å². The van der Waals surface area contributed by atoms with Gasteiger partial charge in [-0.25, -0.2) is 8.42 Å². The van der Waals surface area contributed by atoms with Crippen molar-refractivity contribution in [3.8, 4) is 11.4 Å². The van der Waals surface area contributed by atoms with E-state index in [4.69, 9.17) is 4.52 Å². The van der Waals surface area contributed by atoms with Crippen LogP contribution in [-0.2, 0) is 16.4 Å². The van der Waals surface area contributed by atoms with E-state index < -0.39 is 16.1 Å². The lowest BCUT2D eigenvalue weighted by Crippen LogP contribution is -2.30. The molecule has 1 fully saturated rings. The van der Waals surface area contributed by atoms with E-state index >= 15 is 0 Å². The molecule has 1 aromatic heterocycles. The third kappa shape index (κ3) is 3.84. The van der Waals surface area contributed by atoms with E-state index in [0.29, 0.717) is 29.6 Å². The Labute approximate surface area is 171 Å². The van der Waals surface area contributed by atoms with Crippen molar-refractivity contribution in [1.29, 1.82) is 0 Å². The third-order valence-corrected chi connectivity index (χ3v) is 7.31. The molecule has 0 amide bonds. The highest BCUT2D eigenvalue weighted by atomic mass is 32.2. The van der Waals surface area contributed by atoms with Crippen molar-refractivity contribution < 1.29 is 12.9 Å². The maximum absolute atomic E-state index is 13.3. The molecule has 0 N–H and O–H groups in total. The normalized spacial score (nSPS) is 17.7. The van der Waals surface area contributed by atoms with Gasteiger partial charge in [0.1, 0.15) is 6.04 Å². The predicted octanol–water partition coefficient (Wildman–Crippen LogP) is 4.52. The second kappa shape index (κ2) is 8.08. The molecule has 3 aromatic rings. The van der Waals surface area contributed by atoms with E-state index in [9.17, 15) is 8.42 Å². The first-order valence-electron chi connectivity index (χ1n) is 10.0. The van der Waals surface area contributed by atoms with Gasteiger partial charge in [0.25, 0.3) is 0 Å². The first-order chi connectivity index (χ1) is 14.0. The standard InChI is InChI=1S/C22H25N3O3S/c1-3-7-17-11-13-18(14-12-17)29(26,27)25-15-6-10-20(25)22-23-21(24-28-22)19-9-5-4-8-16(19)2/h4-5,8-9,11-14,20H,3,6-7,10,15H2,1-2H3/t20-/m1/s1. The molecule has 0 radical (unpaired) electrons. The highest BCUT2D eigenvalue weighted by molar-refractivity contribution is 7.89. The molecule has 0 unspecified atom stereocenters. The Morgan fingerprint density at radius 1 is 1.14 bits per heavy atom. The van der Waals surface area contributed by atoms with Crippen LogP contribution in [0.2, 0.25) is 0 Å². The molecule has 0 bridgehead atoms. The Kier molecular flexibility index (Phi) is 5.52.